The van der Waals surface area contributed by atoms with E-state index in [0.29, 0.717) is 10.3 Å². The quantitative estimate of drug-likeness (QED) is 0.636. The van der Waals surface area contributed by atoms with Crippen molar-refractivity contribution >= 4 is 11.6 Å². The minimum Gasteiger partial charge on any atom is -0.491 e. The Morgan fingerprint density at radius 1 is 1.13 bits per heavy atom. The predicted octanol–water partition coefficient (Wildman–Crippen LogP) is 1.70. The molecule has 2 aromatic carbocycles. The van der Waals surface area contributed by atoms with Gasteiger partial charge in [-0.1, -0.05) is 12.1 Å². The Morgan fingerprint density at radius 3 is 2.52 bits per heavy atom. The fourth-order valence-electron chi connectivity index (χ4n) is 2.90. The zero-order chi connectivity index (χ0) is 22.7. The SMILES string of the molecule is COc1c(F)ccc(Cn2c(=O)c(OC)nn(-c3cccc(NC(C)=O)c3)c2=O)c1F. The first-order chi connectivity index (χ1) is 14.8. The van der Waals surface area contributed by atoms with Crippen molar-refractivity contribution in [3.8, 4) is 17.3 Å². The van der Waals surface area contributed by atoms with E-state index in [4.69, 9.17) is 9.47 Å². The number of halogens is 2. The number of carbonyl (C=O) groups is 1. The molecule has 0 aliphatic rings. The first-order valence-electron chi connectivity index (χ1n) is 8.93. The van der Waals surface area contributed by atoms with Crippen molar-refractivity contribution in [2.45, 2.75) is 13.5 Å². The van der Waals surface area contributed by atoms with Gasteiger partial charge in [0.25, 0.3) is 5.88 Å². The lowest BCUT2D eigenvalue weighted by Crippen LogP contribution is -2.41. The Balaban J connectivity index is 2.17. The molecule has 0 aliphatic carbocycles. The lowest BCUT2D eigenvalue weighted by Gasteiger charge is -2.13. The lowest BCUT2D eigenvalue weighted by molar-refractivity contribution is -0.114. The smallest absolute Gasteiger partial charge is 0.352 e. The number of benzene rings is 2. The summed E-state index contributed by atoms with van der Waals surface area (Å²) in [6.45, 7) is 0.802. The van der Waals surface area contributed by atoms with Crippen LogP contribution in [0.1, 0.15) is 12.5 Å². The molecule has 3 rings (SSSR count). The third-order valence-electron chi connectivity index (χ3n) is 4.30. The van der Waals surface area contributed by atoms with E-state index in [1.807, 2.05) is 0 Å². The highest BCUT2D eigenvalue weighted by Crippen LogP contribution is 2.24. The average Bonchev–Trinajstić information content (AvgIpc) is 2.73. The zero-order valence-electron chi connectivity index (χ0n) is 16.8. The van der Waals surface area contributed by atoms with E-state index in [1.54, 1.807) is 12.1 Å². The van der Waals surface area contributed by atoms with Crippen LogP contribution in [0, 0.1) is 11.6 Å². The maximum Gasteiger partial charge on any atom is 0.352 e. The number of amides is 1. The van der Waals surface area contributed by atoms with Crippen LogP contribution in [0.4, 0.5) is 14.5 Å². The molecule has 0 saturated heterocycles. The maximum atomic E-state index is 14.6. The molecule has 9 nitrogen and oxygen atoms in total. The highest BCUT2D eigenvalue weighted by Gasteiger charge is 2.19. The van der Waals surface area contributed by atoms with Gasteiger partial charge in [-0.15, -0.1) is 5.10 Å². The summed E-state index contributed by atoms with van der Waals surface area (Å²) in [5, 5.41) is 6.48. The van der Waals surface area contributed by atoms with Gasteiger partial charge >= 0.3 is 11.2 Å². The average molecular weight is 432 g/mol. The number of nitrogens with zero attached hydrogens (tertiary/aromatic N) is 3. The van der Waals surface area contributed by atoms with Crippen LogP contribution in [0.25, 0.3) is 5.69 Å². The molecule has 3 aromatic rings. The molecule has 0 saturated carbocycles. The summed E-state index contributed by atoms with van der Waals surface area (Å²) in [4.78, 5) is 37.0. The molecule has 0 fully saturated rings. The van der Waals surface area contributed by atoms with Gasteiger partial charge in [-0.2, -0.15) is 4.68 Å². The largest absolute Gasteiger partial charge is 0.491 e. The Kier molecular flexibility index (Phi) is 6.14. The van der Waals surface area contributed by atoms with Crippen LogP contribution in [0.15, 0.2) is 46.0 Å². The molecule has 0 bridgehead atoms. The zero-order valence-corrected chi connectivity index (χ0v) is 16.8. The van der Waals surface area contributed by atoms with Crippen molar-refractivity contribution in [3.05, 3.63) is 74.4 Å². The van der Waals surface area contributed by atoms with E-state index in [2.05, 4.69) is 10.4 Å². The van der Waals surface area contributed by atoms with Crippen molar-refractivity contribution in [3.63, 3.8) is 0 Å². The number of hydrogen-bond acceptors (Lipinski definition) is 6. The molecule has 1 heterocycles. The topological polar surface area (TPSA) is 104 Å². The Labute approximate surface area is 174 Å². The molecule has 1 N–H and O–H groups in total. The monoisotopic (exact) mass is 432 g/mol. The number of methoxy groups -OCH3 is 2. The molecule has 1 amide bonds. The van der Waals surface area contributed by atoms with Gasteiger partial charge in [-0.05, 0) is 24.3 Å². The second-order valence-electron chi connectivity index (χ2n) is 6.38. The van der Waals surface area contributed by atoms with Crippen molar-refractivity contribution < 1.29 is 23.0 Å². The van der Waals surface area contributed by atoms with Crippen LogP contribution >= 0.6 is 0 Å². The highest BCUT2D eigenvalue weighted by molar-refractivity contribution is 5.88. The molecule has 0 spiro atoms. The van der Waals surface area contributed by atoms with E-state index in [-0.39, 0.29) is 17.2 Å². The summed E-state index contributed by atoms with van der Waals surface area (Å²) in [5.41, 5.74) is -1.33. The van der Waals surface area contributed by atoms with Crippen LogP contribution < -0.4 is 26.0 Å². The molecule has 0 unspecified atom stereocenters. The molecular formula is C20H18F2N4O5. The Morgan fingerprint density at radius 2 is 1.87 bits per heavy atom. The minimum atomic E-state index is -1.04. The van der Waals surface area contributed by atoms with Crippen LogP contribution in [0.5, 0.6) is 11.6 Å². The number of anilines is 1. The summed E-state index contributed by atoms with van der Waals surface area (Å²) >= 11 is 0. The van der Waals surface area contributed by atoms with Crippen LogP contribution in [0.2, 0.25) is 0 Å². The fraction of sp³-hybridized carbons (Fsp3) is 0.200. The first kappa shape index (κ1) is 21.7. The second kappa shape index (κ2) is 8.78. The summed E-state index contributed by atoms with van der Waals surface area (Å²) in [6.07, 6.45) is 0. The van der Waals surface area contributed by atoms with E-state index in [1.165, 1.54) is 26.2 Å². The summed E-state index contributed by atoms with van der Waals surface area (Å²) in [5.74, 6) is -3.32. The molecule has 11 heteroatoms. The first-order valence-corrected chi connectivity index (χ1v) is 8.93. The van der Waals surface area contributed by atoms with Gasteiger partial charge in [0, 0.05) is 18.2 Å². The Bertz CT molecular complexity index is 1270. The molecule has 1 aromatic heterocycles. The van der Waals surface area contributed by atoms with Gasteiger partial charge in [0.15, 0.2) is 17.4 Å². The number of rotatable bonds is 6. The summed E-state index contributed by atoms with van der Waals surface area (Å²) in [7, 11) is 2.29. The van der Waals surface area contributed by atoms with Crippen LogP contribution in [0.3, 0.4) is 0 Å². The van der Waals surface area contributed by atoms with Crippen LogP contribution in [-0.2, 0) is 11.3 Å². The molecule has 0 radical (unpaired) electrons. The van der Waals surface area contributed by atoms with E-state index in [0.717, 1.165) is 23.9 Å². The van der Waals surface area contributed by atoms with Crippen molar-refractivity contribution in [1.82, 2.24) is 14.3 Å². The maximum absolute atomic E-state index is 14.6. The van der Waals surface area contributed by atoms with Gasteiger partial charge < -0.3 is 14.8 Å². The molecule has 31 heavy (non-hydrogen) atoms. The fourth-order valence-corrected chi connectivity index (χ4v) is 2.90. The van der Waals surface area contributed by atoms with Crippen LogP contribution in [-0.4, -0.2) is 34.5 Å². The normalized spacial score (nSPS) is 10.6. The Hall–Kier alpha value is -4.02. The van der Waals surface area contributed by atoms with E-state index < -0.39 is 41.1 Å². The number of nitrogens with one attached hydrogen (secondary N) is 1. The predicted molar refractivity (Wildman–Crippen MR) is 107 cm³/mol. The minimum absolute atomic E-state index is 0.149. The second-order valence-corrected chi connectivity index (χ2v) is 6.38. The lowest BCUT2D eigenvalue weighted by atomic mass is 10.2. The summed E-state index contributed by atoms with van der Waals surface area (Å²) in [6, 6.07) is 8.23. The highest BCUT2D eigenvalue weighted by atomic mass is 19.1. The standard InChI is InChI=1S/C20H18F2N4O5/c1-11(27)23-13-5-4-6-14(9-13)26-20(29)25(19(28)18(24-26)31-3)10-12-7-8-15(21)17(30-2)16(12)22/h4-9H,10H2,1-3H3,(H,23,27). The van der Waals surface area contributed by atoms with E-state index in [9.17, 15) is 23.2 Å². The van der Waals surface area contributed by atoms with E-state index >= 15 is 0 Å². The van der Waals surface area contributed by atoms with Gasteiger partial charge in [-0.3, -0.25) is 9.59 Å². The molecule has 0 aliphatic heterocycles. The third kappa shape index (κ3) is 4.29. The van der Waals surface area contributed by atoms with Gasteiger partial charge in [-0.25, -0.2) is 18.1 Å². The van der Waals surface area contributed by atoms with Crippen molar-refractivity contribution in [2.75, 3.05) is 19.5 Å². The van der Waals surface area contributed by atoms with Crippen molar-refractivity contribution in [2.24, 2.45) is 0 Å². The molecule has 162 valence electrons. The van der Waals surface area contributed by atoms with Gasteiger partial charge in [0.05, 0.1) is 26.5 Å². The number of carbonyl (C=O) groups excluding carboxylic acids is 1. The van der Waals surface area contributed by atoms with Crippen molar-refractivity contribution in [1.29, 1.82) is 0 Å². The number of aromatic nitrogens is 3. The number of ether oxygens (including phenoxy) is 2. The van der Waals surface area contributed by atoms with Gasteiger partial charge in [0.2, 0.25) is 5.91 Å². The number of hydrogen-bond donors (Lipinski definition) is 1. The third-order valence-corrected chi connectivity index (χ3v) is 4.30. The summed E-state index contributed by atoms with van der Waals surface area (Å²) < 4.78 is 39.6. The van der Waals surface area contributed by atoms with Gasteiger partial charge in [0.1, 0.15) is 0 Å². The molecular weight excluding hydrogens is 414 g/mol. The molecule has 0 atom stereocenters.